The van der Waals surface area contributed by atoms with Crippen LogP contribution in [-0.2, 0) is 0 Å². The number of likely N-dealkylation sites (N-methyl/N-ethyl adjacent to an activating group) is 1. The minimum atomic E-state index is -0.688. The fourth-order valence-electron chi connectivity index (χ4n) is 3.35. The normalized spacial score (nSPS) is 24.8. The summed E-state index contributed by atoms with van der Waals surface area (Å²) < 4.78 is 0. The highest BCUT2D eigenvalue weighted by molar-refractivity contribution is 5.74. The van der Waals surface area contributed by atoms with Gasteiger partial charge < -0.3 is 15.3 Å². The van der Waals surface area contributed by atoms with Gasteiger partial charge in [0.2, 0.25) is 0 Å². The lowest BCUT2D eigenvalue weighted by molar-refractivity contribution is 0.0118. The number of carbonyl (C=O) groups excluding carboxylic acids is 1. The second-order valence-corrected chi connectivity index (χ2v) is 8.02. The van der Waals surface area contributed by atoms with Gasteiger partial charge in [0.25, 0.3) is 0 Å². The fourth-order valence-corrected chi connectivity index (χ4v) is 3.35. The minimum absolute atomic E-state index is 0.0384. The molecule has 6 nitrogen and oxygen atoms in total. The molecule has 6 heteroatoms. The summed E-state index contributed by atoms with van der Waals surface area (Å²) in [6.07, 6.45) is 2.57. The highest BCUT2D eigenvalue weighted by Gasteiger charge is 2.31. The van der Waals surface area contributed by atoms with Gasteiger partial charge in [0.1, 0.15) is 0 Å². The number of rotatable bonds is 6. The Kier molecular flexibility index (Phi) is 5.92. The number of β-amino-alcohol motifs (C(OH)–C–C–N with tert-alkyl or cyclic N) is 1. The van der Waals surface area contributed by atoms with Crippen molar-refractivity contribution in [1.82, 2.24) is 20.0 Å². The zero-order chi connectivity index (χ0) is 17.2. The Labute approximate surface area is 140 Å². The minimum Gasteiger partial charge on any atom is -0.389 e. The van der Waals surface area contributed by atoms with E-state index >= 15 is 0 Å². The Morgan fingerprint density at radius 2 is 2.04 bits per heavy atom. The molecule has 0 aromatic rings. The van der Waals surface area contributed by atoms with Gasteiger partial charge in [-0.3, -0.25) is 9.80 Å². The number of piperazine rings is 1. The molecule has 2 aliphatic rings. The quantitative estimate of drug-likeness (QED) is 0.763. The maximum absolute atomic E-state index is 12.4. The molecular formula is C17H34N4O2. The molecule has 1 saturated carbocycles. The highest BCUT2D eigenvalue weighted by atomic mass is 16.3. The van der Waals surface area contributed by atoms with E-state index in [2.05, 4.69) is 36.0 Å². The van der Waals surface area contributed by atoms with E-state index in [0.717, 1.165) is 19.6 Å². The van der Waals surface area contributed by atoms with Crippen molar-refractivity contribution >= 4 is 6.03 Å². The topological polar surface area (TPSA) is 59.1 Å². The standard InChI is InChI=1S/C17H34N4O2/c1-13(19(5)15-6-7-15)10-18-16(22)21-9-8-20(11-14(21)2)12-17(3,4)23/h13-15,23H,6-12H2,1-5H3,(H,18,22). The van der Waals surface area contributed by atoms with Gasteiger partial charge in [0.15, 0.2) is 0 Å². The number of nitrogens with one attached hydrogen (secondary N) is 1. The molecule has 23 heavy (non-hydrogen) atoms. The molecule has 2 atom stereocenters. The van der Waals surface area contributed by atoms with Crippen LogP contribution in [-0.4, -0.2) is 89.3 Å². The van der Waals surface area contributed by atoms with Crippen molar-refractivity contribution < 1.29 is 9.90 Å². The van der Waals surface area contributed by atoms with E-state index in [0.29, 0.717) is 25.2 Å². The summed E-state index contributed by atoms with van der Waals surface area (Å²) in [5, 5.41) is 13.0. The molecular weight excluding hydrogens is 292 g/mol. The van der Waals surface area contributed by atoms with E-state index < -0.39 is 5.60 Å². The molecule has 0 aromatic heterocycles. The number of hydrogen-bond acceptors (Lipinski definition) is 4. The smallest absolute Gasteiger partial charge is 0.317 e. The summed E-state index contributed by atoms with van der Waals surface area (Å²) in [5.41, 5.74) is -0.688. The molecule has 2 fully saturated rings. The second-order valence-electron chi connectivity index (χ2n) is 8.02. The van der Waals surface area contributed by atoms with Crippen LogP contribution in [0.5, 0.6) is 0 Å². The predicted octanol–water partition coefficient (Wildman–Crippen LogP) is 0.956. The number of amides is 2. The Balaban J connectivity index is 1.74. The molecule has 2 amide bonds. The first-order valence-electron chi connectivity index (χ1n) is 8.88. The molecule has 1 aliphatic carbocycles. The first-order valence-corrected chi connectivity index (χ1v) is 8.88. The average Bonchev–Trinajstić information content (AvgIpc) is 3.26. The molecule has 0 aromatic carbocycles. The third-order valence-corrected chi connectivity index (χ3v) is 4.95. The third-order valence-electron chi connectivity index (χ3n) is 4.95. The summed E-state index contributed by atoms with van der Waals surface area (Å²) in [4.78, 5) is 19.0. The molecule has 1 saturated heterocycles. The van der Waals surface area contributed by atoms with Crippen LogP contribution >= 0.6 is 0 Å². The van der Waals surface area contributed by atoms with Crippen molar-refractivity contribution in [3.05, 3.63) is 0 Å². The van der Waals surface area contributed by atoms with E-state index in [-0.39, 0.29) is 12.1 Å². The van der Waals surface area contributed by atoms with E-state index in [1.54, 1.807) is 0 Å². The van der Waals surface area contributed by atoms with Crippen molar-refractivity contribution in [2.45, 2.75) is 64.3 Å². The van der Waals surface area contributed by atoms with E-state index in [1.807, 2.05) is 18.7 Å². The molecule has 0 bridgehead atoms. The third kappa shape index (κ3) is 5.62. The monoisotopic (exact) mass is 326 g/mol. The van der Waals surface area contributed by atoms with Crippen LogP contribution in [0.25, 0.3) is 0 Å². The summed E-state index contributed by atoms with van der Waals surface area (Å²) in [6.45, 7) is 11.6. The predicted molar refractivity (Wildman–Crippen MR) is 92.6 cm³/mol. The van der Waals surface area contributed by atoms with Gasteiger partial charge in [0.05, 0.1) is 5.60 Å². The van der Waals surface area contributed by atoms with Gasteiger partial charge >= 0.3 is 6.03 Å². The highest BCUT2D eigenvalue weighted by Crippen LogP contribution is 2.26. The van der Waals surface area contributed by atoms with Gasteiger partial charge in [-0.2, -0.15) is 0 Å². The first-order chi connectivity index (χ1) is 10.7. The lowest BCUT2D eigenvalue weighted by Crippen LogP contribution is -2.59. The molecule has 2 rings (SSSR count). The number of aliphatic hydroxyl groups is 1. The number of hydrogen-bond donors (Lipinski definition) is 2. The van der Waals surface area contributed by atoms with Crippen LogP contribution in [0.3, 0.4) is 0 Å². The van der Waals surface area contributed by atoms with Gasteiger partial charge in [-0.25, -0.2) is 4.79 Å². The van der Waals surface area contributed by atoms with Gasteiger partial charge in [0, 0.05) is 50.8 Å². The summed E-state index contributed by atoms with van der Waals surface area (Å²) in [5.74, 6) is 0. The van der Waals surface area contributed by atoms with Crippen LogP contribution in [0.1, 0.15) is 40.5 Å². The van der Waals surface area contributed by atoms with Crippen molar-refractivity contribution in [3.63, 3.8) is 0 Å². The van der Waals surface area contributed by atoms with Crippen molar-refractivity contribution in [3.8, 4) is 0 Å². The van der Waals surface area contributed by atoms with Crippen LogP contribution in [0.2, 0.25) is 0 Å². The Hall–Kier alpha value is -0.850. The molecule has 0 spiro atoms. The molecule has 2 N–H and O–H groups in total. The van der Waals surface area contributed by atoms with Gasteiger partial charge in [-0.05, 0) is 47.6 Å². The maximum Gasteiger partial charge on any atom is 0.317 e. The van der Waals surface area contributed by atoms with Crippen molar-refractivity contribution in [1.29, 1.82) is 0 Å². The van der Waals surface area contributed by atoms with Crippen LogP contribution < -0.4 is 5.32 Å². The average molecular weight is 326 g/mol. The Morgan fingerprint density at radius 1 is 1.39 bits per heavy atom. The molecule has 1 aliphatic heterocycles. The Morgan fingerprint density at radius 3 is 2.57 bits per heavy atom. The first kappa shape index (κ1) is 18.5. The lowest BCUT2D eigenvalue weighted by Gasteiger charge is -2.41. The summed E-state index contributed by atoms with van der Waals surface area (Å²) >= 11 is 0. The summed E-state index contributed by atoms with van der Waals surface area (Å²) in [6, 6.07) is 1.29. The van der Waals surface area contributed by atoms with E-state index in [9.17, 15) is 9.90 Å². The second kappa shape index (κ2) is 7.36. The Bertz CT molecular complexity index is 406. The van der Waals surface area contributed by atoms with Gasteiger partial charge in [-0.1, -0.05) is 0 Å². The number of urea groups is 1. The fraction of sp³-hybridized carbons (Fsp3) is 0.941. The SMILES string of the molecule is CC1CN(CC(C)(C)O)CCN1C(=O)NCC(C)N(C)C1CC1. The van der Waals surface area contributed by atoms with E-state index in [4.69, 9.17) is 0 Å². The zero-order valence-electron chi connectivity index (χ0n) is 15.4. The van der Waals surface area contributed by atoms with Crippen molar-refractivity contribution in [2.75, 3.05) is 39.8 Å². The van der Waals surface area contributed by atoms with Crippen LogP contribution in [0.15, 0.2) is 0 Å². The van der Waals surface area contributed by atoms with Crippen LogP contribution in [0.4, 0.5) is 4.79 Å². The largest absolute Gasteiger partial charge is 0.389 e. The van der Waals surface area contributed by atoms with E-state index in [1.165, 1.54) is 12.8 Å². The molecule has 2 unspecified atom stereocenters. The zero-order valence-corrected chi connectivity index (χ0v) is 15.4. The maximum atomic E-state index is 12.4. The lowest BCUT2D eigenvalue weighted by atomic mass is 10.1. The van der Waals surface area contributed by atoms with Crippen molar-refractivity contribution in [2.24, 2.45) is 0 Å². The number of nitrogens with zero attached hydrogens (tertiary/aromatic N) is 3. The molecule has 1 heterocycles. The number of carbonyl (C=O) groups is 1. The molecule has 0 radical (unpaired) electrons. The molecule has 134 valence electrons. The van der Waals surface area contributed by atoms with Crippen LogP contribution in [0, 0.1) is 0 Å². The summed E-state index contributed by atoms with van der Waals surface area (Å²) in [7, 11) is 2.15. The van der Waals surface area contributed by atoms with Gasteiger partial charge in [-0.15, -0.1) is 0 Å².